The first kappa shape index (κ1) is 19.9. The lowest BCUT2D eigenvalue weighted by molar-refractivity contribution is -0.0278. The van der Waals surface area contributed by atoms with E-state index in [1.165, 1.54) is 18.3 Å². The Morgan fingerprint density at radius 2 is 1.93 bits per heavy atom. The number of anilines is 2. The van der Waals surface area contributed by atoms with Crippen molar-refractivity contribution in [2.24, 2.45) is 0 Å². The zero-order chi connectivity index (χ0) is 19.6. The summed E-state index contributed by atoms with van der Waals surface area (Å²) < 4.78 is 29.1. The molecule has 1 saturated carbocycles. The van der Waals surface area contributed by atoms with Gasteiger partial charge in [-0.15, -0.1) is 0 Å². The number of aliphatic hydroxyl groups is 2. The summed E-state index contributed by atoms with van der Waals surface area (Å²) in [7, 11) is 0. The van der Waals surface area contributed by atoms with E-state index in [9.17, 15) is 23.8 Å². The third kappa shape index (κ3) is 4.53. The van der Waals surface area contributed by atoms with Crippen LogP contribution in [0.1, 0.15) is 29.6 Å². The maximum atomic E-state index is 14.3. The van der Waals surface area contributed by atoms with Crippen LogP contribution in [0.25, 0.3) is 0 Å². The number of amides is 1. The van der Waals surface area contributed by atoms with Crippen molar-refractivity contribution in [3.05, 3.63) is 51.4 Å². The summed E-state index contributed by atoms with van der Waals surface area (Å²) in [4.78, 5) is 16.3. The van der Waals surface area contributed by atoms with Crippen LogP contribution in [0.2, 0.25) is 0 Å². The van der Waals surface area contributed by atoms with Gasteiger partial charge in [-0.2, -0.15) is 0 Å². The zero-order valence-electron chi connectivity index (χ0n) is 14.1. The smallest absolute Gasteiger partial charge is 0.256 e. The molecule has 3 rings (SSSR count). The first-order valence-electron chi connectivity index (χ1n) is 8.39. The van der Waals surface area contributed by atoms with Gasteiger partial charge in [0.05, 0.1) is 42.0 Å². The summed E-state index contributed by atoms with van der Waals surface area (Å²) in [5.41, 5.74) is -0.265. The SMILES string of the molecule is O=C(NC1CCC[C@@H](O)[C@H]1O)c1c(F)cncc1Nc1ccc(I)cc1F. The van der Waals surface area contributed by atoms with Gasteiger partial charge in [0.2, 0.25) is 0 Å². The molecule has 1 aliphatic carbocycles. The highest BCUT2D eigenvalue weighted by Gasteiger charge is 2.32. The second-order valence-electron chi connectivity index (χ2n) is 6.36. The monoisotopic (exact) mass is 489 g/mol. The van der Waals surface area contributed by atoms with E-state index in [0.717, 1.165) is 6.20 Å². The summed E-state index contributed by atoms with van der Waals surface area (Å²) in [5, 5.41) is 25.0. The summed E-state index contributed by atoms with van der Waals surface area (Å²) in [6, 6.07) is 3.75. The molecular weight excluding hydrogens is 471 g/mol. The van der Waals surface area contributed by atoms with Crippen molar-refractivity contribution < 1.29 is 23.8 Å². The summed E-state index contributed by atoms with van der Waals surface area (Å²) in [6.07, 6.45) is 1.57. The number of carbonyl (C=O) groups excluding carboxylic acids is 1. The van der Waals surface area contributed by atoms with Gasteiger partial charge in [0, 0.05) is 3.57 Å². The molecule has 0 aliphatic heterocycles. The van der Waals surface area contributed by atoms with Crippen LogP contribution < -0.4 is 10.6 Å². The minimum absolute atomic E-state index is 0.00143. The first-order chi connectivity index (χ1) is 12.9. The lowest BCUT2D eigenvalue weighted by Gasteiger charge is -2.32. The standard InChI is InChI=1S/C18H18F2IN3O3/c19-10-6-9(21)4-5-12(10)23-14-8-22-7-11(20)16(14)18(27)24-13-2-1-3-15(25)17(13)26/h4-8,13,15,17,23,25-26H,1-3H2,(H,24,27)/t13?,15-,17+/m1/s1. The van der Waals surface area contributed by atoms with Gasteiger partial charge in [-0.25, -0.2) is 8.78 Å². The van der Waals surface area contributed by atoms with Gasteiger partial charge in [0.15, 0.2) is 5.82 Å². The van der Waals surface area contributed by atoms with Gasteiger partial charge >= 0.3 is 0 Å². The minimum atomic E-state index is -1.13. The Morgan fingerprint density at radius 3 is 2.67 bits per heavy atom. The second kappa shape index (κ2) is 8.44. The molecule has 3 atom stereocenters. The molecule has 1 aliphatic rings. The van der Waals surface area contributed by atoms with Gasteiger partial charge in [-0.1, -0.05) is 0 Å². The molecule has 27 heavy (non-hydrogen) atoms. The molecule has 2 aromatic rings. The Kier molecular flexibility index (Phi) is 6.22. The zero-order valence-corrected chi connectivity index (χ0v) is 16.3. The van der Waals surface area contributed by atoms with Crippen LogP contribution in [0.4, 0.5) is 20.2 Å². The molecule has 0 radical (unpaired) electrons. The number of hydrogen-bond donors (Lipinski definition) is 4. The fraction of sp³-hybridized carbons (Fsp3) is 0.333. The van der Waals surface area contributed by atoms with E-state index in [-0.39, 0.29) is 16.9 Å². The maximum absolute atomic E-state index is 14.3. The molecular formula is C18H18F2IN3O3. The van der Waals surface area contributed by atoms with Crippen molar-refractivity contribution in [3.8, 4) is 0 Å². The van der Waals surface area contributed by atoms with Crippen molar-refractivity contribution in [2.45, 2.75) is 37.5 Å². The van der Waals surface area contributed by atoms with E-state index >= 15 is 0 Å². The fourth-order valence-electron chi connectivity index (χ4n) is 3.05. The third-order valence-corrected chi connectivity index (χ3v) is 5.14. The number of aliphatic hydroxyl groups excluding tert-OH is 2. The molecule has 1 amide bonds. The highest BCUT2D eigenvalue weighted by Crippen LogP contribution is 2.26. The number of aromatic nitrogens is 1. The van der Waals surface area contributed by atoms with Gasteiger partial charge in [-0.05, 0) is 60.1 Å². The number of nitrogens with one attached hydrogen (secondary N) is 2. The summed E-state index contributed by atoms with van der Waals surface area (Å²) in [6.45, 7) is 0. The average Bonchev–Trinajstić information content (AvgIpc) is 2.61. The van der Waals surface area contributed by atoms with Gasteiger partial charge in [0.1, 0.15) is 11.4 Å². The van der Waals surface area contributed by atoms with Crippen molar-refractivity contribution in [1.82, 2.24) is 10.3 Å². The molecule has 9 heteroatoms. The third-order valence-electron chi connectivity index (χ3n) is 4.47. The van der Waals surface area contributed by atoms with E-state index in [4.69, 9.17) is 0 Å². The number of halogens is 3. The van der Waals surface area contributed by atoms with Crippen LogP contribution in [0.5, 0.6) is 0 Å². The highest BCUT2D eigenvalue weighted by atomic mass is 127. The number of pyridine rings is 1. The summed E-state index contributed by atoms with van der Waals surface area (Å²) >= 11 is 1.96. The number of benzene rings is 1. The summed E-state index contributed by atoms with van der Waals surface area (Å²) in [5.74, 6) is -2.21. The largest absolute Gasteiger partial charge is 0.390 e. The Balaban J connectivity index is 1.85. The lowest BCUT2D eigenvalue weighted by Crippen LogP contribution is -2.51. The number of carbonyl (C=O) groups is 1. The van der Waals surface area contributed by atoms with Crippen LogP contribution in [0, 0.1) is 15.2 Å². The first-order valence-corrected chi connectivity index (χ1v) is 9.47. The number of nitrogens with zero attached hydrogens (tertiary/aromatic N) is 1. The van der Waals surface area contributed by atoms with Gasteiger partial charge in [-0.3, -0.25) is 9.78 Å². The molecule has 1 unspecified atom stereocenters. The average molecular weight is 489 g/mol. The van der Waals surface area contributed by atoms with Crippen LogP contribution >= 0.6 is 22.6 Å². The normalized spacial score (nSPS) is 22.3. The Morgan fingerprint density at radius 1 is 1.15 bits per heavy atom. The predicted octanol–water partition coefficient (Wildman–Crippen LogP) is 2.71. The Hall–Kier alpha value is -1.85. The van der Waals surface area contributed by atoms with Gasteiger partial charge in [0.25, 0.3) is 5.91 Å². The van der Waals surface area contributed by atoms with Crippen LogP contribution in [-0.2, 0) is 0 Å². The molecule has 0 spiro atoms. The van der Waals surface area contributed by atoms with Gasteiger partial charge < -0.3 is 20.8 Å². The molecule has 0 saturated heterocycles. The second-order valence-corrected chi connectivity index (χ2v) is 7.61. The molecule has 6 nitrogen and oxygen atoms in total. The highest BCUT2D eigenvalue weighted by molar-refractivity contribution is 14.1. The van der Waals surface area contributed by atoms with E-state index in [1.54, 1.807) is 6.07 Å². The predicted molar refractivity (Wildman–Crippen MR) is 104 cm³/mol. The maximum Gasteiger partial charge on any atom is 0.256 e. The van der Waals surface area contributed by atoms with E-state index in [1.807, 2.05) is 22.6 Å². The molecule has 1 heterocycles. The molecule has 0 bridgehead atoms. The van der Waals surface area contributed by atoms with Crippen molar-refractivity contribution in [3.63, 3.8) is 0 Å². The molecule has 1 fully saturated rings. The lowest BCUT2D eigenvalue weighted by atomic mass is 9.90. The van der Waals surface area contributed by atoms with Crippen LogP contribution in [0.15, 0.2) is 30.6 Å². The van der Waals surface area contributed by atoms with Crippen LogP contribution in [-0.4, -0.2) is 39.4 Å². The molecule has 1 aromatic heterocycles. The Bertz CT molecular complexity index is 853. The molecule has 144 valence electrons. The molecule has 4 N–H and O–H groups in total. The topological polar surface area (TPSA) is 94.5 Å². The van der Waals surface area contributed by atoms with Crippen molar-refractivity contribution in [2.75, 3.05) is 5.32 Å². The number of rotatable bonds is 4. The number of hydrogen-bond acceptors (Lipinski definition) is 5. The van der Waals surface area contributed by atoms with Crippen molar-refractivity contribution >= 4 is 39.9 Å². The van der Waals surface area contributed by atoms with E-state index in [0.29, 0.717) is 22.8 Å². The van der Waals surface area contributed by atoms with E-state index in [2.05, 4.69) is 15.6 Å². The fourth-order valence-corrected chi connectivity index (χ4v) is 3.50. The quantitative estimate of drug-likeness (QED) is 0.496. The Labute approximate surface area is 168 Å². The minimum Gasteiger partial charge on any atom is -0.390 e. The molecule has 1 aromatic carbocycles. The van der Waals surface area contributed by atoms with Crippen LogP contribution in [0.3, 0.4) is 0 Å². The van der Waals surface area contributed by atoms with Crippen molar-refractivity contribution in [1.29, 1.82) is 0 Å². The van der Waals surface area contributed by atoms with E-state index < -0.39 is 35.8 Å².